The summed E-state index contributed by atoms with van der Waals surface area (Å²) in [6.07, 6.45) is -1.02. The Hall–Kier alpha value is -2.38. The van der Waals surface area contributed by atoms with Crippen molar-refractivity contribution in [2.45, 2.75) is 13.0 Å². The Morgan fingerprint density at radius 3 is 2.71 bits per heavy atom. The van der Waals surface area contributed by atoms with E-state index in [1.165, 1.54) is 9.58 Å². The van der Waals surface area contributed by atoms with Gasteiger partial charge in [-0.2, -0.15) is 5.10 Å². The van der Waals surface area contributed by atoms with E-state index < -0.39 is 12.1 Å². The molecule has 126 valence electrons. The SMILES string of the molecule is Cc1nn(-c2ccccc2)c(Cl)c1C(=O)N1CCO[C@@H](C(=O)O)C1. The maximum absolute atomic E-state index is 12.8. The van der Waals surface area contributed by atoms with Crippen molar-refractivity contribution in [2.75, 3.05) is 19.7 Å². The standard InChI is InChI=1S/C16H16ClN3O4/c1-10-13(14(17)20(18-10)11-5-3-2-4-6-11)15(21)19-7-8-24-12(9-19)16(22)23/h2-6,12H,7-9H2,1H3,(H,22,23)/t12-/m1/s1. The van der Waals surface area contributed by atoms with Crippen LogP contribution in [0.15, 0.2) is 30.3 Å². The van der Waals surface area contributed by atoms with Gasteiger partial charge in [-0.25, -0.2) is 9.48 Å². The number of carbonyl (C=O) groups is 2. The first-order valence-corrected chi connectivity index (χ1v) is 7.81. The highest BCUT2D eigenvalue weighted by Gasteiger charge is 2.32. The number of para-hydroxylation sites is 1. The van der Waals surface area contributed by atoms with Crippen LogP contribution in [0.3, 0.4) is 0 Å². The minimum absolute atomic E-state index is 0.0134. The van der Waals surface area contributed by atoms with Gasteiger partial charge in [-0.05, 0) is 19.1 Å². The van der Waals surface area contributed by atoms with Gasteiger partial charge in [-0.15, -0.1) is 0 Å². The minimum atomic E-state index is -1.09. The molecule has 1 aliphatic heterocycles. The lowest BCUT2D eigenvalue weighted by molar-refractivity contribution is -0.154. The molecule has 1 fully saturated rings. The van der Waals surface area contributed by atoms with E-state index in [-0.39, 0.29) is 29.8 Å². The monoisotopic (exact) mass is 349 g/mol. The van der Waals surface area contributed by atoms with Crippen molar-refractivity contribution in [2.24, 2.45) is 0 Å². The predicted octanol–water partition coefficient (Wildman–Crippen LogP) is 1.76. The number of aryl methyl sites for hydroxylation is 1. The number of carboxylic acid groups (broad SMARTS) is 1. The molecule has 1 atom stereocenters. The van der Waals surface area contributed by atoms with Crippen molar-refractivity contribution >= 4 is 23.5 Å². The molecule has 1 aliphatic rings. The van der Waals surface area contributed by atoms with Crippen LogP contribution >= 0.6 is 11.6 Å². The number of carbonyl (C=O) groups excluding carboxylic acids is 1. The molecule has 1 saturated heterocycles. The third-order valence-electron chi connectivity index (χ3n) is 3.85. The third kappa shape index (κ3) is 3.00. The van der Waals surface area contributed by atoms with E-state index in [0.29, 0.717) is 12.2 Å². The molecule has 0 aliphatic carbocycles. The first kappa shape index (κ1) is 16.5. The molecule has 0 unspecified atom stereocenters. The molecule has 2 aromatic rings. The van der Waals surface area contributed by atoms with Gasteiger partial charge in [0.15, 0.2) is 6.10 Å². The van der Waals surface area contributed by atoms with Crippen LogP contribution in [0.1, 0.15) is 16.1 Å². The number of halogens is 1. The zero-order chi connectivity index (χ0) is 17.3. The van der Waals surface area contributed by atoms with E-state index >= 15 is 0 Å². The van der Waals surface area contributed by atoms with Crippen molar-refractivity contribution in [3.63, 3.8) is 0 Å². The van der Waals surface area contributed by atoms with Gasteiger partial charge < -0.3 is 14.7 Å². The fourth-order valence-electron chi connectivity index (χ4n) is 2.62. The maximum Gasteiger partial charge on any atom is 0.334 e. The third-order valence-corrected chi connectivity index (χ3v) is 4.20. The molecule has 0 saturated carbocycles. The van der Waals surface area contributed by atoms with Gasteiger partial charge >= 0.3 is 5.97 Å². The molecule has 1 aromatic heterocycles. The average Bonchev–Trinajstić information content (AvgIpc) is 2.89. The van der Waals surface area contributed by atoms with E-state index in [1.807, 2.05) is 30.3 Å². The minimum Gasteiger partial charge on any atom is -0.479 e. The summed E-state index contributed by atoms with van der Waals surface area (Å²) in [5.41, 5.74) is 1.52. The van der Waals surface area contributed by atoms with Gasteiger partial charge in [0.05, 0.1) is 30.1 Å². The first-order valence-electron chi connectivity index (χ1n) is 7.43. The van der Waals surface area contributed by atoms with Crippen molar-refractivity contribution in [1.82, 2.24) is 14.7 Å². The first-order chi connectivity index (χ1) is 11.5. The van der Waals surface area contributed by atoms with E-state index in [0.717, 1.165) is 5.69 Å². The average molecular weight is 350 g/mol. The zero-order valence-electron chi connectivity index (χ0n) is 13.0. The van der Waals surface area contributed by atoms with Crippen LogP contribution in [-0.2, 0) is 9.53 Å². The van der Waals surface area contributed by atoms with Crippen molar-refractivity contribution in [3.05, 3.63) is 46.7 Å². The molecular formula is C16H16ClN3O4. The molecule has 24 heavy (non-hydrogen) atoms. The van der Waals surface area contributed by atoms with Crippen molar-refractivity contribution in [3.8, 4) is 5.69 Å². The molecule has 1 aromatic carbocycles. The summed E-state index contributed by atoms with van der Waals surface area (Å²) < 4.78 is 6.64. The number of benzene rings is 1. The van der Waals surface area contributed by atoms with Gasteiger partial charge in [0.1, 0.15) is 5.15 Å². The van der Waals surface area contributed by atoms with Gasteiger partial charge in [0, 0.05) is 6.54 Å². The number of rotatable bonds is 3. The Morgan fingerprint density at radius 2 is 2.04 bits per heavy atom. The Bertz CT molecular complexity index is 775. The number of hydrogen-bond donors (Lipinski definition) is 1. The topological polar surface area (TPSA) is 84.7 Å². The maximum atomic E-state index is 12.8. The van der Waals surface area contributed by atoms with E-state index in [9.17, 15) is 9.59 Å². The Balaban J connectivity index is 1.91. The summed E-state index contributed by atoms with van der Waals surface area (Å²) in [5.74, 6) is -1.43. The van der Waals surface area contributed by atoms with E-state index in [4.69, 9.17) is 21.4 Å². The summed E-state index contributed by atoms with van der Waals surface area (Å²) in [6, 6.07) is 9.25. The van der Waals surface area contributed by atoms with Crippen molar-refractivity contribution < 1.29 is 19.4 Å². The highest BCUT2D eigenvalue weighted by molar-refractivity contribution is 6.33. The normalized spacial score (nSPS) is 17.8. The van der Waals surface area contributed by atoms with E-state index in [1.54, 1.807) is 6.92 Å². The number of nitrogens with zero attached hydrogens (tertiary/aromatic N) is 3. The number of morpholine rings is 1. The molecule has 8 heteroatoms. The van der Waals surface area contributed by atoms with Crippen molar-refractivity contribution in [1.29, 1.82) is 0 Å². The second kappa shape index (κ2) is 6.62. The molecular weight excluding hydrogens is 334 g/mol. The smallest absolute Gasteiger partial charge is 0.334 e. The number of hydrogen-bond acceptors (Lipinski definition) is 4. The van der Waals surface area contributed by atoms with Crippen LogP contribution in [0.5, 0.6) is 0 Å². The summed E-state index contributed by atoms with van der Waals surface area (Å²) in [7, 11) is 0. The number of carboxylic acids is 1. The fourth-order valence-corrected chi connectivity index (χ4v) is 2.98. The number of aliphatic carboxylic acids is 1. The fraction of sp³-hybridized carbons (Fsp3) is 0.312. The molecule has 7 nitrogen and oxygen atoms in total. The number of aromatic nitrogens is 2. The lowest BCUT2D eigenvalue weighted by Gasteiger charge is -2.30. The highest BCUT2D eigenvalue weighted by Crippen LogP contribution is 2.25. The molecule has 1 N–H and O–H groups in total. The van der Waals surface area contributed by atoms with E-state index in [2.05, 4.69) is 5.10 Å². The lowest BCUT2D eigenvalue weighted by Crippen LogP contribution is -2.48. The molecule has 2 heterocycles. The van der Waals surface area contributed by atoms with Crippen LogP contribution in [0, 0.1) is 6.92 Å². The Morgan fingerprint density at radius 1 is 1.33 bits per heavy atom. The summed E-state index contributed by atoms with van der Waals surface area (Å²) in [6.45, 7) is 2.18. The van der Waals surface area contributed by atoms with Crippen LogP contribution < -0.4 is 0 Å². The number of amides is 1. The highest BCUT2D eigenvalue weighted by atomic mass is 35.5. The van der Waals surface area contributed by atoms with Gasteiger partial charge in [-0.1, -0.05) is 29.8 Å². The second-order valence-corrected chi connectivity index (χ2v) is 5.81. The molecule has 0 spiro atoms. The Labute approximate surface area is 143 Å². The van der Waals surface area contributed by atoms with Crippen LogP contribution in [0.2, 0.25) is 5.15 Å². The lowest BCUT2D eigenvalue weighted by atomic mass is 10.2. The summed E-state index contributed by atoms with van der Waals surface area (Å²) in [5, 5.41) is 13.6. The molecule has 3 rings (SSSR count). The predicted molar refractivity (Wildman–Crippen MR) is 86.6 cm³/mol. The van der Waals surface area contributed by atoms with Crippen LogP contribution in [0.4, 0.5) is 0 Å². The van der Waals surface area contributed by atoms with Crippen LogP contribution in [-0.4, -0.2) is 57.5 Å². The zero-order valence-corrected chi connectivity index (χ0v) is 13.7. The Kier molecular flexibility index (Phi) is 4.55. The van der Waals surface area contributed by atoms with Gasteiger partial charge in [0.2, 0.25) is 0 Å². The van der Waals surface area contributed by atoms with Gasteiger partial charge in [0.25, 0.3) is 5.91 Å². The number of ether oxygens (including phenoxy) is 1. The van der Waals surface area contributed by atoms with Gasteiger partial charge in [-0.3, -0.25) is 4.79 Å². The quantitative estimate of drug-likeness (QED) is 0.912. The largest absolute Gasteiger partial charge is 0.479 e. The molecule has 1 amide bonds. The molecule has 0 bridgehead atoms. The summed E-state index contributed by atoms with van der Waals surface area (Å²) in [4.78, 5) is 25.3. The summed E-state index contributed by atoms with van der Waals surface area (Å²) >= 11 is 6.38. The molecule has 0 radical (unpaired) electrons. The second-order valence-electron chi connectivity index (χ2n) is 5.45. The van der Waals surface area contributed by atoms with Crippen LogP contribution in [0.25, 0.3) is 5.69 Å².